The van der Waals surface area contributed by atoms with Gasteiger partial charge in [0, 0.05) is 30.9 Å². The van der Waals surface area contributed by atoms with Gasteiger partial charge in [-0.25, -0.2) is 0 Å². The zero-order chi connectivity index (χ0) is 18.4. The highest BCUT2D eigenvalue weighted by atomic mass is 16.3. The highest BCUT2D eigenvalue weighted by Crippen LogP contribution is 2.20. The SMILES string of the molecule is CCN(CC)[C@@H](CNC(=O)/C=C\c1c(C)nn(C)c1C)c1ccco1. The number of carbonyl (C=O) groups excluding carboxylic acids is 1. The maximum Gasteiger partial charge on any atom is 0.244 e. The molecule has 0 saturated heterocycles. The van der Waals surface area contributed by atoms with E-state index in [1.165, 1.54) is 0 Å². The number of nitrogens with one attached hydrogen (secondary N) is 1. The van der Waals surface area contributed by atoms with Crippen molar-refractivity contribution in [2.45, 2.75) is 33.7 Å². The van der Waals surface area contributed by atoms with Crippen molar-refractivity contribution in [1.29, 1.82) is 0 Å². The highest BCUT2D eigenvalue weighted by molar-refractivity contribution is 5.92. The van der Waals surface area contributed by atoms with Crippen LogP contribution in [0.5, 0.6) is 0 Å². The second-order valence-corrected chi connectivity index (χ2v) is 6.04. The fourth-order valence-corrected chi connectivity index (χ4v) is 3.00. The van der Waals surface area contributed by atoms with E-state index in [1.54, 1.807) is 12.3 Å². The third-order valence-corrected chi connectivity index (χ3v) is 4.56. The summed E-state index contributed by atoms with van der Waals surface area (Å²) in [7, 11) is 1.90. The summed E-state index contributed by atoms with van der Waals surface area (Å²) in [6.45, 7) is 10.4. The zero-order valence-corrected chi connectivity index (χ0v) is 15.7. The van der Waals surface area contributed by atoms with E-state index in [2.05, 4.69) is 29.2 Å². The number of amides is 1. The molecule has 1 amide bonds. The molecule has 0 unspecified atom stereocenters. The molecule has 0 aliphatic rings. The van der Waals surface area contributed by atoms with E-state index in [0.717, 1.165) is 35.8 Å². The van der Waals surface area contributed by atoms with Crippen LogP contribution in [0.4, 0.5) is 0 Å². The molecule has 0 saturated carbocycles. The van der Waals surface area contributed by atoms with Gasteiger partial charge in [0.05, 0.1) is 18.0 Å². The Morgan fingerprint density at radius 2 is 2.12 bits per heavy atom. The molecule has 2 aromatic heterocycles. The first-order valence-electron chi connectivity index (χ1n) is 8.71. The Morgan fingerprint density at radius 1 is 1.40 bits per heavy atom. The number of aromatic nitrogens is 2. The number of hydrogen-bond donors (Lipinski definition) is 1. The standard InChI is InChI=1S/C19H28N4O2/c1-6-23(7-2)17(18-9-8-12-25-18)13-20-19(24)11-10-16-14(3)21-22(5)15(16)4/h8-12,17H,6-7,13H2,1-5H3,(H,20,24)/b11-10-/t17-/m0/s1. The molecule has 2 rings (SSSR count). The number of furan rings is 1. The third-order valence-electron chi connectivity index (χ3n) is 4.56. The third kappa shape index (κ3) is 4.60. The summed E-state index contributed by atoms with van der Waals surface area (Å²) in [5.74, 6) is 0.748. The Labute approximate surface area is 149 Å². The number of hydrogen-bond acceptors (Lipinski definition) is 4. The van der Waals surface area contributed by atoms with Crippen molar-refractivity contribution in [2.75, 3.05) is 19.6 Å². The summed E-state index contributed by atoms with van der Waals surface area (Å²) in [6.07, 6.45) is 5.06. The summed E-state index contributed by atoms with van der Waals surface area (Å²) in [5.41, 5.74) is 2.95. The predicted octanol–water partition coefficient (Wildman–Crippen LogP) is 2.84. The van der Waals surface area contributed by atoms with E-state index < -0.39 is 0 Å². The molecule has 0 spiro atoms. The van der Waals surface area contributed by atoms with Crippen LogP contribution in [-0.4, -0.2) is 40.2 Å². The molecule has 0 aliphatic carbocycles. The van der Waals surface area contributed by atoms with Crippen molar-refractivity contribution in [3.63, 3.8) is 0 Å². The lowest BCUT2D eigenvalue weighted by Gasteiger charge is -2.28. The van der Waals surface area contributed by atoms with Crippen LogP contribution < -0.4 is 5.32 Å². The van der Waals surface area contributed by atoms with Gasteiger partial charge in [-0.3, -0.25) is 14.4 Å². The summed E-state index contributed by atoms with van der Waals surface area (Å²) < 4.78 is 7.37. The van der Waals surface area contributed by atoms with Crippen LogP contribution in [0.1, 0.15) is 42.6 Å². The largest absolute Gasteiger partial charge is 0.468 e. The van der Waals surface area contributed by atoms with Gasteiger partial charge >= 0.3 is 0 Å². The molecular formula is C19H28N4O2. The number of aryl methyl sites for hydroxylation is 2. The Morgan fingerprint density at radius 3 is 2.64 bits per heavy atom. The Bertz CT molecular complexity index is 712. The second-order valence-electron chi connectivity index (χ2n) is 6.04. The van der Waals surface area contributed by atoms with Crippen LogP contribution in [0, 0.1) is 13.8 Å². The van der Waals surface area contributed by atoms with E-state index in [9.17, 15) is 4.79 Å². The monoisotopic (exact) mass is 344 g/mol. The maximum absolute atomic E-state index is 12.2. The number of likely N-dealkylation sites (N-methyl/N-ethyl adjacent to an activating group) is 1. The van der Waals surface area contributed by atoms with Crippen molar-refractivity contribution in [2.24, 2.45) is 7.05 Å². The van der Waals surface area contributed by atoms with Gasteiger partial charge in [-0.05, 0) is 45.1 Å². The first-order valence-corrected chi connectivity index (χ1v) is 8.71. The topological polar surface area (TPSA) is 63.3 Å². The lowest BCUT2D eigenvalue weighted by molar-refractivity contribution is -0.116. The van der Waals surface area contributed by atoms with Crippen LogP contribution in [0.3, 0.4) is 0 Å². The molecule has 1 atom stereocenters. The minimum Gasteiger partial charge on any atom is -0.468 e. The van der Waals surface area contributed by atoms with Gasteiger partial charge in [0.2, 0.25) is 5.91 Å². The van der Waals surface area contributed by atoms with Crippen LogP contribution >= 0.6 is 0 Å². The van der Waals surface area contributed by atoms with Gasteiger partial charge in [0.25, 0.3) is 0 Å². The molecular weight excluding hydrogens is 316 g/mol. The zero-order valence-electron chi connectivity index (χ0n) is 15.7. The lowest BCUT2D eigenvalue weighted by Crippen LogP contribution is -2.37. The van der Waals surface area contributed by atoms with Crippen LogP contribution in [0.25, 0.3) is 6.08 Å². The number of rotatable bonds is 8. The van der Waals surface area contributed by atoms with Gasteiger partial charge in [0.15, 0.2) is 0 Å². The fraction of sp³-hybridized carbons (Fsp3) is 0.474. The summed E-state index contributed by atoms with van der Waals surface area (Å²) in [4.78, 5) is 14.5. The van der Waals surface area contributed by atoms with Crippen molar-refractivity contribution in [1.82, 2.24) is 20.0 Å². The second kappa shape index (κ2) is 8.67. The van der Waals surface area contributed by atoms with Crippen molar-refractivity contribution < 1.29 is 9.21 Å². The van der Waals surface area contributed by atoms with Gasteiger partial charge in [-0.2, -0.15) is 5.10 Å². The molecule has 0 radical (unpaired) electrons. The molecule has 0 fully saturated rings. The average Bonchev–Trinajstić information content (AvgIpc) is 3.19. The van der Waals surface area contributed by atoms with Crippen LogP contribution in [-0.2, 0) is 11.8 Å². The van der Waals surface area contributed by atoms with E-state index in [-0.39, 0.29) is 11.9 Å². The fourth-order valence-electron chi connectivity index (χ4n) is 3.00. The molecule has 0 aliphatic heterocycles. The minimum atomic E-state index is -0.119. The summed E-state index contributed by atoms with van der Waals surface area (Å²) in [5, 5.41) is 7.34. The van der Waals surface area contributed by atoms with Gasteiger partial charge < -0.3 is 9.73 Å². The van der Waals surface area contributed by atoms with Crippen LogP contribution in [0.15, 0.2) is 28.9 Å². The molecule has 0 aromatic carbocycles. The van der Waals surface area contributed by atoms with Crippen molar-refractivity contribution >= 4 is 12.0 Å². The quantitative estimate of drug-likeness (QED) is 0.748. The van der Waals surface area contributed by atoms with E-state index in [0.29, 0.717) is 6.54 Å². The first-order chi connectivity index (χ1) is 12.0. The van der Waals surface area contributed by atoms with E-state index in [4.69, 9.17) is 4.42 Å². The van der Waals surface area contributed by atoms with E-state index in [1.807, 2.05) is 43.8 Å². The Hall–Kier alpha value is -2.34. The summed E-state index contributed by atoms with van der Waals surface area (Å²) in [6, 6.07) is 3.86. The first kappa shape index (κ1) is 19.0. The van der Waals surface area contributed by atoms with E-state index >= 15 is 0 Å². The lowest BCUT2D eigenvalue weighted by atomic mass is 10.1. The molecule has 2 heterocycles. The minimum absolute atomic E-state index is 0.0317. The number of nitrogens with zero attached hydrogens (tertiary/aromatic N) is 3. The van der Waals surface area contributed by atoms with Gasteiger partial charge in [-0.15, -0.1) is 0 Å². The van der Waals surface area contributed by atoms with Crippen LogP contribution in [0.2, 0.25) is 0 Å². The molecule has 25 heavy (non-hydrogen) atoms. The molecule has 1 N–H and O–H groups in total. The van der Waals surface area contributed by atoms with Gasteiger partial charge in [-0.1, -0.05) is 13.8 Å². The summed E-state index contributed by atoms with van der Waals surface area (Å²) >= 11 is 0. The van der Waals surface area contributed by atoms with Crippen molar-refractivity contribution in [3.8, 4) is 0 Å². The molecule has 6 nitrogen and oxygen atoms in total. The predicted molar refractivity (Wildman–Crippen MR) is 99.1 cm³/mol. The van der Waals surface area contributed by atoms with Crippen molar-refractivity contribution in [3.05, 3.63) is 47.2 Å². The molecule has 6 heteroatoms. The Balaban J connectivity index is 2.02. The van der Waals surface area contributed by atoms with Gasteiger partial charge in [0.1, 0.15) is 5.76 Å². The maximum atomic E-state index is 12.2. The molecule has 0 bridgehead atoms. The normalized spacial score (nSPS) is 12.9. The number of carbonyl (C=O) groups is 1. The smallest absolute Gasteiger partial charge is 0.244 e. The molecule has 136 valence electrons. The average molecular weight is 344 g/mol. The Kier molecular flexibility index (Phi) is 6.58. The highest BCUT2D eigenvalue weighted by Gasteiger charge is 2.20. The molecule has 2 aromatic rings.